The van der Waals surface area contributed by atoms with Crippen LogP contribution in [0.2, 0.25) is 0 Å². The second kappa shape index (κ2) is 5.19. The molecule has 0 spiro atoms. The summed E-state index contributed by atoms with van der Waals surface area (Å²) in [6.07, 6.45) is 1.36. The molecule has 2 rings (SSSR count). The Morgan fingerprint density at radius 1 is 1.26 bits per heavy atom. The lowest BCUT2D eigenvalue weighted by Gasteiger charge is -2.39. The number of carbonyl (C=O) groups is 3. The predicted octanol–water partition coefficient (Wildman–Crippen LogP) is 0.176. The van der Waals surface area contributed by atoms with Crippen LogP contribution in [0.15, 0.2) is 0 Å². The first-order valence-corrected chi connectivity index (χ1v) is 6.73. The Morgan fingerprint density at radius 2 is 1.95 bits per heavy atom. The van der Waals surface area contributed by atoms with E-state index in [-0.39, 0.29) is 17.9 Å². The van der Waals surface area contributed by atoms with E-state index < -0.39 is 17.8 Å². The summed E-state index contributed by atoms with van der Waals surface area (Å²) in [5, 5.41) is 8.96. The van der Waals surface area contributed by atoms with E-state index in [9.17, 15) is 14.4 Å². The molecule has 0 aliphatic carbocycles. The van der Waals surface area contributed by atoms with Crippen LogP contribution in [0.25, 0.3) is 0 Å². The van der Waals surface area contributed by atoms with Gasteiger partial charge < -0.3 is 14.9 Å². The summed E-state index contributed by atoms with van der Waals surface area (Å²) in [5.74, 6) is -2.11. The molecule has 2 heterocycles. The van der Waals surface area contributed by atoms with Crippen molar-refractivity contribution in [1.82, 2.24) is 9.80 Å². The monoisotopic (exact) mass is 268 g/mol. The standard InChI is InChI=1S/C13H20N2O4/c1-8(9(2)13(18)19)12(17)14-5-6-15-10(7-14)3-4-11(15)16/h8-10H,3-7H2,1-2H3,(H,18,19). The molecule has 6 heteroatoms. The van der Waals surface area contributed by atoms with E-state index in [1.165, 1.54) is 0 Å². The summed E-state index contributed by atoms with van der Waals surface area (Å²) in [6, 6.07) is 0.123. The summed E-state index contributed by atoms with van der Waals surface area (Å²) < 4.78 is 0. The molecule has 0 saturated carbocycles. The average molecular weight is 268 g/mol. The van der Waals surface area contributed by atoms with Gasteiger partial charge in [0.1, 0.15) is 0 Å². The fraction of sp³-hybridized carbons (Fsp3) is 0.769. The Bertz CT molecular complexity index is 409. The molecule has 106 valence electrons. The van der Waals surface area contributed by atoms with Crippen molar-refractivity contribution >= 4 is 17.8 Å². The van der Waals surface area contributed by atoms with E-state index >= 15 is 0 Å². The minimum Gasteiger partial charge on any atom is -0.481 e. The smallest absolute Gasteiger partial charge is 0.307 e. The van der Waals surface area contributed by atoms with E-state index in [0.29, 0.717) is 26.1 Å². The number of hydrogen-bond acceptors (Lipinski definition) is 3. The molecule has 0 aromatic carbocycles. The number of carboxylic acid groups (broad SMARTS) is 1. The van der Waals surface area contributed by atoms with E-state index in [1.54, 1.807) is 18.7 Å². The van der Waals surface area contributed by atoms with Gasteiger partial charge in [-0.25, -0.2) is 0 Å². The van der Waals surface area contributed by atoms with Gasteiger partial charge in [0, 0.05) is 38.0 Å². The quantitative estimate of drug-likeness (QED) is 0.792. The average Bonchev–Trinajstić information content (AvgIpc) is 2.77. The summed E-state index contributed by atoms with van der Waals surface area (Å²) in [7, 11) is 0. The summed E-state index contributed by atoms with van der Waals surface area (Å²) in [5.41, 5.74) is 0. The molecule has 2 amide bonds. The van der Waals surface area contributed by atoms with Crippen molar-refractivity contribution < 1.29 is 19.5 Å². The van der Waals surface area contributed by atoms with Crippen molar-refractivity contribution in [3.63, 3.8) is 0 Å². The normalized spacial score (nSPS) is 26.0. The second-order valence-corrected chi connectivity index (χ2v) is 5.48. The molecule has 3 unspecified atom stereocenters. The molecule has 19 heavy (non-hydrogen) atoms. The van der Waals surface area contributed by atoms with Crippen molar-refractivity contribution in [3.8, 4) is 0 Å². The van der Waals surface area contributed by atoms with E-state index in [4.69, 9.17) is 5.11 Å². The van der Waals surface area contributed by atoms with E-state index in [2.05, 4.69) is 0 Å². The van der Waals surface area contributed by atoms with E-state index in [1.807, 2.05) is 4.90 Å². The fourth-order valence-electron chi connectivity index (χ4n) is 2.78. The highest BCUT2D eigenvalue weighted by Crippen LogP contribution is 2.24. The van der Waals surface area contributed by atoms with E-state index in [0.717, 1.165) is 6.42 Å². The van der Waals surface area contributed by atoms with Gasteiger partial charge in [0.05, 0.1) is 5.92 Å². The molecule has 2 aliphatic heterocycles. The lowest BCUT2D eigenvalue weighted by molar-refractivity contribution is -0.150. The maximum Gasteiger partial charge on any atom is 0.307 e. The van der Waals surface area contributed by atoms with Gasteiger partial charge in [-0.3, -0.25) is 14.4 Å². The van der Waals surface area contributed by atoms with Crippen LogP contribution >= 0.6 is 0 Å². The minimum atomic E-state index is -0.949. The zero-order valence-corrected chi connectivity index (χ0v) is 11.3. The van der Waals surface area contributed by atoms with Gasteiger partial charge in [-0.1, -0.05) is 13.8 Å². The number of carboxylic acids is 1. The predicted molar refractivity (Wildman–Crippen MR) is 67.3 cm³/mol. The highest BCUT2D eigenvalue weighted by Gasteiger charge is 2.38. The third-order valence-electron chi connectivity index (χ3n) is 4.34. The molecule has 0 aromatic rings. The van der Waals surface area contributed by atoms with Crippen LogP contribution in [0.1, 0.15) is 26.7 Å². The SMILES string of the molecule is CC(C(=O)O)C(C)C(=O)N1CCN2C(=O)CCC2C1. The number of aliphatic carboxylic acids is 1. The van der Waals surface area contributed by atoms with Gasteiger partial charge in [0.15, 0.2) is 0 Å². The molecular weight excluding hydrogens is 248 g/mol. The maximum absolute atomic E-state index is 12.3. The van der Waals surface area contributed by atoms with Gasteiger partial charge in [-0.15, -0.1) is 0 Å². The van der Waals surface area contributed by atoms with Crippen LogP contribution < -0.4 is 0 Å². The topological polar surface area (TPSA) is 77.9 Å². The number of nitrogens with zero attached hydrogens (tertiary/aromatic N) is 2. The first-order valence-electron chi connectivity index (χ1n) is 6.73. The van der Waals surface area contributed by atoms with Crippen LogP contribution in [-0.4, -0.2) is 58.4 Å². The zero-order chi connectivity index (χ0) is 14.2. The Kier molecular flexibility index (Phi) is 3.78. The third-order valence-corrected chi connectivity index (χ3v) is 4.34. The highest BCUT2D eigenvalue weighted by atomic mass is 16.4. The minimum absolute atomic E-state index is 0.117. The van der Waals surface area contributed by atoms with Gasteiger partial charge in [-0.2, -0.15) is 0 Å². The number of hydrogen-bond donors (Lipinski definition) is 1. The molecule has 0 aromatic heterocycles. The summed E-state index contributed by atoms with van der Waals surface area (Å²) >= 11 is 0. The molecule has 2 saturated heterocycles. The first-order chi connectivity index (χ1) is 8.91. The summed E-state index contributed by atoms with van der Waals surface area (Å²) in [4.78, 5) is 38.3. The van der Waals surface area contributed by atoms with Crippen LogP contribution in [0.5, 0.6) is 0 Å². The molecular formula is C13H20N2O4. The summed E-state index contributed by atoms with van der Waals surface area (Å²) in [6.45, 7) is 4.84. The number of rotatable bonds is 3. The zero-order valence-electron chi connectivity index (χ0n) is 11.3. The Hall–Kier alpha value is -1.59. The highest BCUT2D eigenvalue weighted by molar-refractivity contribution is 5.85. The molecule has 0 radical (unpaired) electrons. The van der Waals surface area contributed by atoms with Crippen molar-refractivity contribution in [1.29, 1.82) is 0 Å². The van der Waals surface area contributed by atoms with Gasteiger partial charge in [-0.05, 0) is 6.42 Å². The Balaban J connectivity index is 1.98. The Labute approximate surface area is 112 Å². The molecule has 0 bridgehead atoms. The van der Waals surface area contributed by atoms with Crippen LogP contribution in [0.3, 0.4) is 0 Å². The van der Waals surface area contributed by atoms with Crippen molar-refractivity contribution in [2.75, 3.05) is 19.6 Å². The lowest BCUT2D eigenvalue weighted by Crippen LogP contribution is -2.54. The molecule has 3 atom stereocenters. The third kappa shape index (κ3) is 2.57. The molecule has 2 aliphatic rings. The first kappa shape index (κ1) is 13.8. The number of amides is 2. The van der Waals surface area contributed by atoms with Gasteiger partial charge in [0.2, 0.25) is 11.8 Å². The number of fused-ring (bicyclic) bond motifs is 1. The Morgan fingerprint density at radius 3 is 2.58 bits per heavy atom. The largest absolute Gasteiger partial charge is 0.481 e. The number of carbonyl (C=O) groups excluding carboxylic acids is 2. The molecule has 1 N–H and O–H groups in total. The van der Waals surface area contributed by atoms with Crippen molar-refractivity contribution in [2.24, 2.45) is 11.8 Å². The molecule has 6 nitrogen and oxygen atoms in total. The van der Waals surface area contributed by atoms with Crippen molar-refractivity contribution in [2.45, 2.75) is 32.7 Å². The fourth-order valence-corrected chi connectivity index (χ4v) is 2.78. The number of piperazine rings is 1. The van der Waals surface area contributed by atoms with Gasteiger partial charge >= 0.3 is 5.97 Å². The van der Waals surface area contributed by atoms with Crippen LogP contribution in [0, 0.1) is 11.8 Å². The molecule has 2 fully saturated rings. The second-order valence-electron chi connectivity index (χ2n) is 5.48. The van der Waals surface area contributed by atoms with Crippen LogP contribution in [0.4, 0.5) is 0 Å². The van der Waals surface area contributed by atoms with Crippen molar-refractivity contribution in [3.05, 3.63) is 0 Å². The lowest BCUT2D eigenvalue weighted by atomic mass is 9.94. The van der Waals surface area contributed by atoms with Crippen LogP contribution in [-0.2, 0) is 14.4 Å². The van der Waals surface area contributed by atoms with Gasteiger partial charge in [0.25, 0.3) is 0 Å². The maximum atomic E-state index is 12.3.